The number of rotatable bonds is 10. The van der Waals surface area contributed by atoms with E-state index in [4.69, 9.17) is 0 Å². The van der Waals surface area contributed by atoms with Gasteiger partial charge in [0.1, 0.15) is 0 Å². The van der Waals surface area contributed by atoms with E-state index in [1.54, 1.807) is 0 Å². The van der Waals surface area contributed by atoms with Crippen LogP contribution in [0.5, 0.6) is 0 Å². The van der Waals surface area contributed by atoms with Crippen LogP contribution in [-0.4, -0.2) is 24.0 Å². The summed E-state index contributed by atoms with van der Waals surface area (Å²) in [4.78, 5) is 2.83. The van der Waals surface area contributed by atoms with Gasteiger partial charge in [-0.3, -0.25) is 0 Å². The normalized spacial score (nSPS) is 22.6. The van der Waals surface area contributed by atoms with E-state index in [1.165, 1.54) is 83.7 Å². The van der Waals surface area contributed by atoms with E-state index in [-0.39, 0.29) is 0 Å². The van der Waals surface area contributed by atoms with E-state index in [2.05, 4.69) is 25.7 Å². The van der Waals surface area contributed by atoms with Crippen molar-refractivity contribution in [2.24, 2.45) is 5.92 Å². The minimum absolute atomic E-state index is 0.914. The number of likely N-dealkylation sites (tertiary alicyclic amines) is 1. The Kier molecular flexibility index (Phi) is 9.59. The molecule has 2 atom stereocenters. The summed E-state index contributed by atoms with van der Waals surface area (Å²) in [5.41, 5.74) is 0. The standard InChI is InChI=1S/C18H37N/c1-4-7-9-13-17(12-8-5-2)18-14-10-11-16-19(18)15-6-3/h17-18H,4-16H2,1-3H3. The average Bonchev–Trinajstić information content (AvgIpc) is 2.44. The molecule has 114 valence electrons. The molecule has 0 aromatic heterocycles. The van der Waals surface area contributed by atoms with Gasteiger partial charge in [-0.2, -0.15) is 0 Å². The summed E-state index contributed by atoms with van der Waals surface area (Å²) in [6, 6.07) is 0.914. The van der Waals surface area contributed by atoms with Crippen LogP contribution in [-0.2, 0) is 0 Å². The van der Waals surface area contributed by atoms with E-state index in [9.17, 15) is 0 Å². The van der Waals surface area contributed by atoms with Crippen LogP contribution in [0.3, 0.4) is 0 Å². The Balaban J connectivity index is 2.52. The molecule has 0 saturated carbocycles. The lowest BCUT2D eigenvalue weighted by molar-refractivity contribution is 0.0887. The van der Waals surface area contributed by atoms with Gasteiger partial charge in [-0.1, -0.05) is 59.3 Å². The van der Waals surface area contributed by atoms with Crippen LogP contribution in [0.25, 0.3) is 0 Å². The van der Waals surface area contributed by atoms with Crippen LogP contribution >= 0.6 is 0 Å². The van der Waals surface area contributed by atoms with Crippen molar-refractivity contribution in [3.63, 3.8) is 0 Å². The van der Waals surface area contributed by atoms with Gasteiger partial charge in [-0.05, 0) is 51.1 Å². The largest absolute Gasteiger partial charge is 0.300 e. The summed E-state index contributed by atoms with van der Waals surface area (Å²) in [5.74, 6) is 0.985. The first-order chi connectivity index (χ1) is 9.33. The third kappa shape index (κ3) is 6.29. The summed E-state index contributed by atoms with van der Waals surface area (Å²) in [5, 5.41) is 0. The Morgan fingerprint density at radius 3 is 2.32 bits per heavy atom. The fraction of sp³-hybridized carbons (Fsp3) is 1.00. The van der Waals surface area contributed by atoms with Gasteiger partial charge in [0.25, 0.3) is 0 Å². The molecule has 1 fully saturated rings. The lowest BCUT2D eigenvalue weighted by Crippen LogP contribution is -2.44. The monoisotopic (exact) mass is 267 g/mol. The SMILES string of the molecule is CCCCCC(CCCC)C1CCCCN1CCC. The predicted molar refractivity (Wildman–Crippen MR) is 86.7 cm³/mol. The van der Waals surface area contributed by atoms with Crippen LogP contribution in [0.2, 0.25) is 0 Å². The van der Waals surface area contributed by atoms with Gasteiger partial charge < -0.3 is 4.90 Å². The van der Waals surface area contributed by atoms with Crippen molar-refractivity contribution < 1.29 is 0 Å². The second-order valence-corrected chi connectivity index (χ2v) is 6.50. The topological polar surface area (TPSA) is 3.24 Å². The summed E-state index contributed by atoms with van der Waals surface area (Å²) in [7, 11) is 0. The van der Waals surface area contributed by atoms with E-state index < -0.39 is 0 Å². The lowest BCUT2D eigenvalue weighted by Gasteiger charge is -2.41. The fourth-order valence-corrected chi connectivity index (χ4v) is 3.77. The van der Waals surface area contributed by atoms with Crippen molar-refractivity contribution in [1.29, 1.82) is 0 Å². The van der Waals surface area contributed by atoms with Gasteiger partial charge in [-0.25, -0.2) is 0 Å². The first kappa shape index (κ1) is 17.0. The number of unbranched alkanes of at least 4 members (excludes halogenated alkanes) is 3. The number of nitrogens with zero attached hydrogens (tertiary/aromatic N) is 1. The molecule has 1 heterocycles. The molecular weight excluding hydrogens is 230 g/mol. The molecule has 19 heavy (non-hydrogen) atoms. The van der Waals surface area contributed by atoms with E-state index in [0.717, 1.165) is 12.0 Å². The van der Waals surface area contributed by atoms with Crippen molar-refractivity contribution in [1.82, 2.24) is 4.90 Å². The summed E-state index contributed by atoms with van der Waals surface area (Å²) < 4.78 is 0. The quantitative estimate of drug-likeness (QED) is 0.463. The molecule has 1 aliphatic heterocycles. The molecule has 1 heteroatoms. The molecule has 0 aliphatic carbocycles. The maximum Gasteiger partial charge on any atom is 0.0123 e. The Morgan fingerprint density at radius 1 is 0.895 bits per heavy atom. The van der Waals surface area contributed by atoms with E-state index >= 15 is 0 Å². The maximum atomic E-state index is 2.83. The summed E-state index contributed by atoms with van der Waals surface area (Å²) in [6.07, 6.45) is 15.7. The molecule has 0 amide bonds. The Morgan fingerprint density at radius 2 is 1.63 bits per heavy atom. The van der Waals surface area contributed by atoms with E-state index in [0.29, 0.717) is 0 Å². The molecule has 0 N–H and O–H groups in total. The van der Waals surface area contributed by atoms with Crippen molar-refractivity contribution in [3.8, 4) is 0 Å². The first-order valence-corrected chi connectivity index (χ1v) is 9.07. The minimum Gasteiger partial charge on any atom is -0.300 e. The zero-order valence-electron chi connectivity index (χ0n) is 13.8. The second kappa shape index (κ2) is 10.7. The van der Waals surface area contributed by atoms with Crippen LogP contribution in [0.4, 0.5) is 0 Å². The number of hydrogen-bond acceptors (Lipinski definition) is 1. The van der Waals surface area contributed by atoms with Gasteiger partial charge in [0.2, 0.25) is 0 Å². The van der Waals surface area contributed by atoms with Crippen molar-refractivity contribution >= 4 is 0 Å². The van der Waals surface area contributed by atoms with Crippen LogP contribution in [0.1, 0.15) is 91.4 Å². The van der Waals surface area contributed by atoms with Gasteiger partial charge in [-0.15, -0.1) is 0 Å². The molecule has 2 unspecified atom stereocenters. The molecular formula is C18H37N. The maximum absolute atomic E-state index is 2.83. The zero-order chi connectivity index (χ0) is 13.9. The Hall–Kier alpha value is -0.0400. The van der Waals surface area contributed by atoms with Crippen molar-refractivity contribution in [2.45, 2.75) is 97.4 Å². The zero-order valence-corrected chi connectivity index (χ0v) is 13.8. The minimum atomic E-state index is 0.914. The molecule has 0 aromatic rings. The molecule has 1 rings (SSSR count). The van der Waals surface area contributed by atoms with Gasteiger partial charge in [0.05, 0.1) is 0 Å². The highest BCUT2D eigenvalue weighted by Gasteiger charge is 2.28. The highest BCUT2D eigenvalue weighted by atomic mass is 15.2. The van der Waals surface area contributed by atoms with Gasteiger partial charge >= 0.3 is 0 Å². The average molecular weight is 268 g/mol. The first-order valence-electron chi connectivity index (χ1n) is 9.07. The second-order valence-electron chi connectivity index (χ2n) is 6.50. The molecule has 1 nitrogen and oxygen atoms in total. The third-order valence-electron chi connectivity index (χ3n) is 4.83. The van der Waals surface area contributed by atoms with Crippen molar-refractivity contribution in [3.05, 3.63) is 0 Å². The molecule has 1 aliphatic rings. The predicted octanol–water partition coefficient (Wildman–Crippen LogP) is 5.64. The highest BCUT2D eigenvalue weighted by Crippen LogP contribution is 2.30. The molecule has 0 aromatic carbocycles. The van der Waals surface area contributed by atoms with Crippen LogP contribution in [0, 0.1) is 5.92 Å². The number of piperidine rings is 1. The highest BCUT2D eigenvalue weighted by molar-refractivity contribution is 4.83. The molecule has 0 bridgehead atoms. The lowest BCUT2D eigenvalue weighted by atomic mass is 9.83. The van der Waals surface area contributed by atoms with E-state index in [1.807, 2.05) is 0 Å². The van der Waals surface area contributed by atoms with Gasteiger partial charge in [0, 0.05) is 6.04 Å². The summed E-state index contributed by atoms with van der Waals surface area (Å²) in [6.45, 7) is 9.71. The fourth-order valence-electron chi connectivity index (χ4n) is 3.77. The Labute approximate surface area is 122 Å². The molecule has 0 spiro atoms. The smallest absolute Gasteiger partial charge is 0.0123 e. The van der Waals surface area contributed by atoms with Crippen LogP contribution in [0.15, 0.2) is 0 Å². The summed E-state index contributed by atoms with van der Waals surface area (Å²) >= 11 is 0. The third-order valence-corrected chi connectivity index (χ3v) is 4.83. The molecule has 0 radical (unpaired) electrons. The van der Waals surface area contributed by atoms with Crippen LogP contribution < -0.4 is 0 Å². The van der Waals surface area contributed by atoms with Crippen molar-refractivity contribution in [2.75, 3.05) is 13.1 Å². The van der Waals surface area contributed by atoms with Gasteiger partial charge in [0.15, 0.2) is 0 Å². The molecule has 1 saturated heterocycles. The number of hydrogen-bond donors (Lipinski definition) is 0. The Bertz CT molecular complexity index is 200.